The molecular weight excluding hydrogens is 677 g/mol. The standard InChI is InChI=1S/C54H38N2/c1-4-15-39(16-5-1)41-27-32-46(33-28-41)55(47-34-29-42(30-35-47)40-17-6-2-7-18-40)48-22-14-19-43(37-48)49-23-10-11-24-50(49)44-31-36-52-51-25-12-13-26-53(51)56(54(52)38-44)45-20-8-3-9-21-45/h1-38H. The Bertz CT molecular complexity index is 2840. The van der Waals surface area contributed by atoms with E-state index in [1.165, 1.54) is 60.8 Å². The van der Waals surface area contributed by atoms with Gasteiger partial charge in [0.15, 0.2) is 0 Å². The van der Waals surface area contributed by atoms with Crippen LogP contribution in [0.25, 0.3) is 72.0 Å². The molecule has 0 amide bonds. The van der Waals surface area contributed by atoms with Crippen LogP contribution in [-0.4, -0.2) is 4.57 Å². The van der Waals surface area contributed by atoms with E-state index >= 15 is 0 Å². The molecule has 0 spiro atoms. The van der Waals surface area contributed by atoms with E-state index in [2.05, 4.69) is 240 Å². The Balaban J connectivity index is 1.08. The average molecular weight is 715 g/mol. The van der Waals surface area contributed by atoms with Gasteiger partial charge >= 0.3 is 0 Å². The van der Waals surface area contributed by atoms with Crippen molar-refractivity contribution < 1.29 is 0 Å². The highest BCUT2D eigenvalue weighted by atomic mass is 15.1. The molecule has 0 N–H and O–H groups in total. The molecule has 0 aliphatic rings. The van der Waals surface area contributed by atoms with Gasteiger partial charge in [0.05, 0.1) is 11.0 Å². The molecule has 10 aromatic rings. The summed E-state index contributed by atoms with van der Waals surface area (Å²) in [6, 6.07) is 83.0. The molecular formula is C54H38N2. The Morgan fingerprint density at radius 1 is 0.268 bits per heavy atom. The molecule has 9 aromatic carbocycles. The fourth-order valence-electron chi connectivity index (χ4n) is 8.11. The highest BCUT2D eigenvalue weighted by molar-refractivity contribution is 6.10. The average Bonchev–Trinajstić information content (AvgIpc) is 3.62. The Morgan fingerprint density at radius 2 is 0.714 bits per heavy atom. The minimum absolute atomic E-state index is 1.09. The molecule has 0 aliphatic heterocycles. The predicted molar refractivity (Wildman–Crippen MR) is 237 cm³/mol. The van der Waals surface area contributed by atoms with Crippen LogP contribution < -0.4 is 4.90 Å². The van der Waals surface area contributed by atoms with Crippen molar-refractivity contribution in [3.05, 3.63) is 231 Å². The molecule has 0 saturated carbocycles. The number of fused-ring (bicyclic) bond motifs is 3. The second-order valence-corrected chi connectivity index (χ2v) is 14.2. The summed E-state index contributed by atoms with van der Waals surface area (Å²) in [7, 11) is 0. The molecule has 2 nitrogen and oxygen atoms in total. The van der Waals surface area contributed by atoms with Crippen LogP contribution in [0.3, 0.4) is 0 Å². The quantitative estimate of drug-likeness (QED) is 0.152. The first-order valence-corrected chi connectivity index (χ1v) is 19.2. The SMILES string of the molecule is c1ccc(-c2ccc(N(c3ccc(-c4ccccc4)cc3)c3cccc(-c4ccccc4-c4ccc5c6ccccc6n(-c6ccccc6)c5c4)c3)cc2)cc1. The minimum atomic E-state index is 1.09. The Labute approximate surface area is 327 Å². The molecule has 0 saturated heterocycles. The van der Waals surface area contributed by atoms with Crippen LogP contribution in [0.4, 0.5) is 17.1 Å². The number of benzene rings is 9. The van der Waals surface area contributed by atoms with Crippen molar-refractivity contribution in [2.45, 2.75) is 0 Å². The maximum atomic E-state index is 2.39. The molecule has 0 atom stereocenters. The van der Waals surface area contributed by atoms with Crippen LogP contribution in [0.1, 0.15) is 0 Å². The van der Waals surface area contributed by atoms with Crippen molar-refractivity contribution in [3.63, 3.8) is 0 Å². The Kier molecular flexibility index (Phi) is 8.55. The molecule has 1 heterocycles. The second-order valence-electron chi connectivity index (χ2n) is 14.2. The molecule has 0 radical (unpaired) electrons. The summed E-state index contributed by atoms with van der Waals surface area (Å²) in [5.74, 6) is 0. The van der Waals surface area contributed by atoms with Gasteiger partial charge in [0.25, 0.3) is 0 Å². The monoisotopic (exact) mass is 714 g/mol. The zero-order valence-electron chi connectivity index (χ0n) is 30.8. The van der Waals surface area contributed by atoms with E-state index in [1.807, 2.05) is 0 Å². The highest BCUT2D eigenvalue weighted by Gasteiger charge is 2.17. The van der Waals surface area contributed by atoms with E-state index < -0.39 is 0 Å². The van der Waals surface area contributed by atoms with Crippen molar-refractivity contribution >= 4 is 38.9 Å². The summed E-state index contributed by atoms with van der Waals surface area (Å²) in [4.78, 5) is 2.36. The van der Waals surface area contributed by atoms with Gasteiger partial charge in [-0.15, -0.1) is 0 Å². The molecule has 0 bridgehead atoms. The van der Waals surface area contributed by atoms with Gasteiger partial charge in [-0.1, -0.05) is 170 Å². The summed E-state index contributed by atoms with van der Waals surface area (Å²) in [5, 5.41) is 2.51. The maximum absolute atomic E-state index is 2.39. The van der Waals surface area contributed by atoms with Crippen molar-refractivity contribution in [2.75, 3.05) is 4.90 Å². The smallest absolute Gasteiger partial charge is 0.0547 e. The number of aromatic nitrogens is 1. The van der Waals surface area contributed by atoms with E-state index in [1.54, 1.807) is 0 Å². The van der Waals surface area contributed by atoms with Gasteiger partial charge in [-0.05, 0) is 105 Å². The van der Waals surface area contributed by atoms with E-state index in [9.17, 15) is 0 Å². The van der Waals surface area contributed by atoms with Crippen LogP contribution >= 0.6 is 0 Å². The van der Waals surface area contributed by atoms with Gasteiger partial charge in [-0.25, -0.2) is 0 Å². The van der Waals surface area contributed by atoms with Crippen LogP contribution in [-0.2, 0) is 0 Å². The number of rotatable bonds is 8. The molecule has 1 aromatic heterocycles. The van der Waals surface area contributed by atoms with E-state index in [0.717, 1.165) is 28.3 Å². The lowest BCUT2D eigenvalue weighted by Crippen LogP contribution is -2.10. The summed E-state index contributed by atoms with van der Waals surface area (Å²) >= 11 is 0. The fraction of sp³-hybridized carbons (Fsp3) is 0. The van der Waals surface area contributed by atoms with Crippen LogP contribution in [0.5, 0.6) is 0 Å². The molecule has 56 heavy (non-hydrogen) atoms. The van der Waals surface area contributed by atoms with Gasteiger partial charge in [0.2, 0.25) is 0 Å². The largest absolute Gasteiger partial charge is 0.310 e. The Hall–Kier alpha value is -7.42. The van der Waals surface area contributed by atoms with Gasteiger partial charge in [0.1, 0.15) is 0 Å². The van der Waals surface area contributed by atoms with Gasteiger partial charge in [0, 0.05) is 33.5 Å². The summed E-state index contributed by atoms with van der Waals surface area (Å²) in [6.45, 7) is 0. The molecule has 0 fully saturated rings. The summed E-state index contributed by atoms with van der Waals surface area (Å²) in [5.41, 5.74) is 16.4. The van der Waals surface area contributed by atoms with Gasteiger partial charge in [-0.2, -0.15) is 0 Å². The summed E-state index contributed by atoms with van der Waals surface area (Å²) < 4.78 is 2.39. The van der Waals surface area contributed by atoms with Gasteiger partial charge in [-0.3, -0.25) is 0 Å². The van der Waals surface area contributed by atoms with E-state index in [0.29, 0.717) is 0 Å². The van der Waals surface area contributed by atoms with Crippen molar-refractivity contribution in [2.24, 2.45) is 0 Å². The molecule has 0 aliphatic carbocycles. The maximum Gasteiger partial charge on any atom is 0.0547 e. The van der Waals surface area contributed by atoms with E-state index in [-0.39, 0.29) is 0 Å². The van der Waals surface area contributed by atoms with Crippen molar-refractivity contribution in [1.29, 1.82) is 0 Å². The molecule has 2 heteroatoms. The lowest BCUT2D eigenvalue weighted by atomic mass is 9.93. The third kappa shape index (κ3) is 6.14. The van der Waals surface area contributed by atoms with Gasteiger partial charge < -0.3 is 9.47 Å². The normalized spacial score (nSPS) is 11.2. The lowest BCUT2D eigenvalue weighted by Gasteiger charge is -2.26. The van der Waals surface area contributed by atoms with Crippen LogP contribution in [0.2, 0.25) is 0 Å². The second kappa shape index (κ2) is 14.4. The molecule has 264 valence electrons. The zero-order valence-corrected chi connectivity index (χ0v) is 30.8. The summed E-state index contributed by atoms with van der Waals surface area (Å²) in [6.07, 6.45) is 0. The van der Waals surface area contributed by atoms with Crippen LogP contribution in [0, 0.1) is 0 Å². The zero-order chi connectivity index (χ0) is 37.3. The van der Waals surface area contributed by atoms with Crippen molar-refractivity contribution in [3.8, 4) is 50.2 Å². The van der Waals surface area contributed by atoms with Crippen molar-refractivity contribution in [1.82, 2.24) is 4.57 Å². The first-order valence-electron chi connectivity index (χ1n) is 19.2. The minimum Gasteiger partial charge on any atom is -0.310 e. The first kappa shape index (κ1) is 33.2. The third-order valence-corrected chi connectivity index (χ3v) is 10.8. The Morgan fingerprint density at radius 3 is 1.32 bits per heavy atom. The number of nitrogens with zero attached hydrogens (tertiary/aromatic N) is 2. The fourth-order valence-corrected chi connectivity index (χ4v) is 8.11. The topological polar surface area (TPSA) is 8.17 Å². The first-order chi connectivity index (χ1) is 27.8. The number of hydrogen-bond donors (Lipinski definition) is 0. The number of para-hydroxylation sites is 2. The lowest BCUT2D eigenvalue weighted by molar-refractivity contribution is 1.18. The third-order valence-electron chi connectivity index (χ3n) is 10.8. The predicted octanol–water partition coefficient (Wildman–Crippen LogP) is 14.9. The molecule has 10 rings (SSSR count). The van der Waals surface area contributed by atoms with Crippen LogP contribution in [0.15, 0.2) is 231 Å². The highest BCUT2D eigenvalue weighted by Crippen LogP contribution is 2.41. The molecule has 0 unspecified atom stereocenters. The number of hydrogen-bond acceptors (Lipinski definition) is 1. The van der Waals surface area contributed by atoms with E-state index in [4.69, 9.17) is 0 Å². The number of anilines is 3.